The van der Waals surface area contributed by atoms with Crippen LogP contribution in [0.25, 0.3) is 0 Å². The Labute approximate surface area is 79.8 Å². The van der Waals surface area contributed by atoms with E-state index >= 15 is 0 Å². The minimum Gasteiger partial charge on any atom is -0.343 e. The standard InChI is InChI=1S/C10H17N3/c1-10(2,3)8-13(4)9-11-6-5-7-12-9/h5-7H,8H2,1-4H3. The molecule has 0 spiro atoms. The predicted octanol–water partition coefficient (Wildman–Crippen LogP) is 1.96. The van der Waals surface area contributed by atoms with Crippen molar-refractivity contribution in [2.75, 3.05) is 18.5 Å². The van der Waals surface area contributed by atoms with Gasteiger partial charge in [0.05, 0.1) is 0 Å². The van der Waals surface area contributed by atoms with Crippen LogP contribution in [0.15, 0.2) is 18.5 Å². The van der Waals surface area contributed by atoms with E-state index in [1.807, 2.05) is 13.1 Å². The molecule has 1 aromatic heterocycles. The molecule has 0 atom stereocenters. The molecule has 0 aliphatic rings. The van der Waals surface area contributed by atoms with E-state index in [4.69, 9.17) is 0 Å². The van der Waals surface area contributed by atoms with Gasteiger partial charge in [0.25, 0.3) is 0 Å². The molecule has 0 aromatic carbocycles. The molecule has 0 saturated heterocycles. The summed E-state index contributed by atoms with van der Waals surface area (Å²) in [6, 6.07) is 1.83. The fourth-order valence-corrected chi connectivity index (χ4v) is 1.27. The van der Waals surface area contributed by atoms with Crippen molar-refractivity contribution >= 4 is 5.95 Å². The third-order valence-corrected chi connectivity index (χ3v) is 1.61. The first kappa shape index (κ1) is 9.96. The Morgan fingerprint density at radius 3 is 2.23 bits per heavy atom. The van der Waals surface area contributed by atoms with Gasteiger partial charge in [-0.15, -0.1) is 0 Å². The van der Waals surface area contributed by atoms with Gasteiger partial charge in [0.15, 0.2) is 0 Å². The summed E-state index contributed by atoms with van der Waals surface area (Å²) < 4.78 is 0. The molecule has 3 nitrogen and oxygen atoms in total. The van der Waals surface area contributed by atoms with Gasteiger partial charge in [0.1, 0.15) is 0 Å². The van der Waals surface area contributed by atoms with Crippen LogP contribution < -0.4 is 4.90 Å². The number of rotatable bonds is 2. The Kier molecular flexibility index (Phi) is 2.86. The molecular weight excluding hydrogens is 162 g/mol. The molecule has 13 heavy (non-hydrogen) atoms. The Balaban J connectivity index is 2.64. The fraction of sp³-hybridized carbons (Fsp3) is 0.600. The summed E-state index contributed by atoms with van der Waals surface area (Å²) >= 11 is 0. The maximum absolute atomic E-state index is 4.18. The second-order valence-corrected chi connectivity index (χ2v) is 4.47. The molecule has 1 heterocycles. The molecule has 0 aliphatic heterocycles. The zero-order valence-corrected chi connectivity index (χ0v) is 8.78. The topological polar surface area (TPSA) is 29.0 Å². The van der Waals surface area contributed by atoms with Crippen LogP contribution in [0.3, 0.4) is 0 Å². The molecule has 3 heteroatoms. The summed E-state index contributed by atoms with van der Waals surface area (Å²) in [4.78, 5) is 10.4. The van der Waals surface area contributed by atoms with Gasteiger partial charge in [-0.1, -0.05) is 20.8 Å². The van der Waals surface area contributed by atoms with Gasteiger partial charge in [-0.3, -0.25) is 0 Å². The highest BCUT2D eigenvalue weighted by Gasteiger charge is 2.14. The lowest BCUT2D eigenvalue weighted by Gasteiger charge is -2.26. The molecule has 0 fully saturated rings. The molecule has 0 amide bonds. The molecule has 1 aromatic rings. The fourth-order valence-electron chi connectivity index (χ4n) is 1.27. The highest BCUT2D eigenvalue weighted by molar-refractivity contribution is 5.26. The highest BCUT2D eigenvalue weighted by Crippen LogP contribution is 2.16. The third-order valence-electron chi connectivity index (χ3n) is 1.61. The van der Waals surface area contributed by atoms with Crippen LogP contribution in [-0.4, -0.2) is 23.6 Å². The molecule has 1 rings (SSSR count). The lowest BCUT2D eigenvalue weighted by atomic mass is 9.96. The first-order valence-corrected chi connectivity index (χ1v) is 4.47. The minimum absolute atomic E-state index is 0.272. The van der Waals surface area contributed by atoms with E-state index in [9.17, 15) is 0 Å². The number of hydrogen-bond acceptors (Lipinski definition) is 3. The third kappa shape index (κ3) is 3.40. The Bertz CT molecular complexity index is 251. The smallest absolute Gasteiger partial charge is 0.224 e. The van der Waals surface area contributed by atoms with Crippen LogP contribution >= 0.6 is 0 Å². The molecular formula is C10H17N3. The van der Waals surface area contributed by atoms with Gasteiger partial charge in [0, 0.05) is 26.0 Å². The SMILES string of the molecule is CN(CC(C)(C)C)c1ncccn1. The van der Waals surface area contributed by atoms with E-state index in [0.29, 0.717) is 0 Å². The number of nitrogens with zero attached hydrogens (tertiary/aromatic N) is 3. The Morgan fingerprint density at radius 2 is 1.77 bits per heavy atom. The van der Waals surface area contributed by atoms with Crippen LogP contribution in [0.1, 0.15) is 20.8 Å². The van der Waals surface area contributed by atoms with Crippen molar-refractivity contribution in [3.63, 3.8) is 0 Å². The van der Waals surface area contributed by atoms with Crippen molar-refractivity contribution in [2.45, 2.75) is 20.8 Å². The van der Waals surface area contributed by atoms with Crippen molar-refractivity contribution in [3.8, 4) is 0 Å². The average Bonchev–Trinajstić information content (AvgIpc) is 2.03. The summed E-state index contributed by atoms with van der Waals surface area (Å²) in [5.74, 6) is 0.789. The zero-order valence-electron chi connectivity index (χ0n) is 8.78. The van der Waals surface area contributed by atoms with Crippen LogP contribution in [0.4, 0.5) is 5.95 Å². The molecule has 0 unspecified atom stereocenters. The van der Waals surface area contributed by atoms with Crippen molar-refractivity contribution in [2.24, 2.45) is 5.41 Å². The molecule has 0 saturated carbocycles. The number of hydrogen-bond donors (Lipinski definition) is 0. The molecule has 0 N–H and O–H groups in total. The van der Waals surface area contributed by atoms with Crippen LogP contribution in [0.2, 0.25) is 0 Å². The summed E-state index contributed by atoms with van der Waals surface area (Å²) in [6.07, 6.45) is 3.53. The quantitative estimate of drug-likeness (QED) is 0.695. The van der Waals surface area contributed by atoms with Crippen LogP contribution in [-0.2, 0) is 0 Å². The molecule has 0 radical (unpaired) electrons. The average molecular weight is 179 g/mol. The molecule has 0 bridgehead atoms. The van der Waals surface area contributed by atoms with E-state index in [-0.39, 0.29) is 5.41 Å². The van der Waals surface area contributed by atoms with Crippen LogP contribution in [0.5, 0.6) is 0 Å². The predicted molar refractivity (Wildman–Crippen MR) is 54.8 cm³/mol. The van der Waals surface area contributed by atoms with Gasteiger partial charge in [-0.25, -0.2) is 9.97 Å². The zero-order chi connectivity index (χ0) is 9.90. The van der Waals surface area contributed by atoms with Crippen LogP contribution in [0, 0.1) is 5.41 Å². The molecule has 72 valence electrons. The number of anilines is 1. The van der Waals surface area contributed by atoms with E-state index in [1.165, 1.54) is 0 Å². The lowest BCUT2D eigenvalue weighted by molar-refractivity contribution is 0.416. The molecule has 0 aliphatic carbocycles. The van der Waals surface area contributed by atoms with Crippen molar-refractivity contribution in [3.05, 3.63) is 18.5 Å². The lowest BCUT2D eigenvalue weighted by Crippen LogP contribution is -2.30. The van der Waals surface area contributed by atoms with Gasteiger partial charge in [0.2, 0.25) is 5.95 Å². The maximum atomic E-state index is 4.18. The van der Waals surface area contributed by atoms with E-state index in [2.05, 4.69) is 35.6 Å². The van der Waals surface area contributed by atoms with Gasteiger partial charge < -0.3 is 4.90 Å². The Hall–Kier alpha value is -1.12. The summed E-state index contributed by atoms with van der Waals surface area (Å²) in [5, 5.41) is 0. The summed E-state index contributed by atoms with van der Waals surface area (Å²) in [7, 11) is 2.01. The van der Waals surface area contributed by atoms with Gasteiger partial charge in [-0.05, 0) is 11.5 Å². The summed E-state index contributed by atoms with van der Waals surface area (Å²) in [5.41, 5.74) is 0.272. The minimum atomic E-state index is 0.272. The highest BCUT2D eigenvalue weighted by atomic mass is 15.2. The van der Waals surface area contributed by atoms with Gasteiger partial charge >= 0.3 is 0 Å². The van der Waals surface area contributed by atoms with Crippen molar-refractivity contribution in [1.29, 1.82) is 0 Å². The first-order chi connectivity index (χ1) is 5.99. The van der Waals surface area contributed by atoms with E-state index in [0.717, 1.165) is 12.5 Å². The van der Waals surface area contributed by atoms with E-state index in [1.54, 1.807) is 12.4 Å². The largest absolute Gasteiger partial charge is 0.343 e. The van der Waals surface area contributed by atoms with Gasteiger partial charge in [-0.2, -0.15) is 0 Å². The second kappa shape index (κ2) is 3.73. The summed E-state index contributed by atoms with van der Waals surface area (Å²) in [6.45, 7) is 7.56. The second-order valence-electron chi connectivity index (χ2n) is 4.47. The normalized spacial score (nSPS) is 11.4. The monoisotopic (exact) mass is 179 g/mol. The van der Waals surface area contributed by atoms with Crippen molar-refractivity contribution < 1.29 is 0 Å². The van der Waals surface area contributed by atoms with Crippen molar-refractivity contribution in [1.82, 2.24) is 9.97 Å². The van der Waals surface area contributed by atoms with E-state index < -0.39 is 0 Å². The maximum Gasteiger partial charge on any atom is 0.224 e. The number of aromatic nitrogens is 2. The Morgan fingerprint density at radius 1 is 1.23 bits per heavy atom. The first-order valence-electron chi connectivity index (χ1n) is 4.47.